The van der Waals surface area contributed by atoms with E-state index < -0.39 is 116 Å². The molecule has 0 aliphatic carbocycles. The summed E-state index contributed by atoms with van der Waals surface area (Å²) >= 11 is 1.19. The quantitative estimate of drug-likeness (QED) is 0.185. The van der Waals surface area contributed by atoms with Gasteiger partial charge in [-0.3, -0.25) is 33.6 Å². The van der Waals surface area contributed by atoms with Crippen LogP contribution >= 0.6 is 11.8 Å². The summed E-state index contributed by atoms with van der Waals surface area (Å²) < 4.78 is 56.6. The van der Waals surface area contributed by atoms with Gasteiger partial charge in [0, 0.05) is 54.2 Å². The summed E-state index contributed by atoms with van der Waals surface area (Å²) in [4.78, 5) is 85.3. The van der Waals surface area contributed by atoms with E-state index in [2.05, 4.69) is 0 Å². The Morgan fingerprint density at radius 3 is 1.53 bits per heavy atom. The summed E-state index contributed by atoms with van der Waals surface area (Å²) in [6.07, 6.45) is -9.00. The topological polar surface area (TPSA) is 212 Å². The Balaban J connectivity index is 2.00. The van der Waals surface area contributed by atoms with Gasteiger partial charge in [-0.1, -0.05) is 42.5 Å². The van der Waals surface area contributed by atoms with Crippen LogP contribution in [0.3, 0.4) is 0 Å². The summed E-state index contributed by atoms with van der Waals surface area (Å²) in [6, 6.07) is 9.44. The fourth-order valence-corrected chi connectivity index (χ4v) is 6.55. The third-order valence-electron chi connectivity index (χ3n) is 7.34. The molecule has 53 heavy (non-hydrogen) atoms. The molecule has 10 atom stereocenters. The summed E-state index contributed by atoms with van der Waals surface area (Å²) in [5, 5.41) is 0. The van der Waals surface area contributed by atoms with Crippen LogP contribution in [-0.2, 0) is 80.9 Å². The van der Waals surface area contributed by atoms with Crippen LogP contribution in [0.2, 0.25) is 0 Å². The predicted octanol–water partition coefficient (Wildman–Crippen LogP) is 2.05. The average molecular weight is 769 g/mol. The van der Waals surface area contributed by atoms with Crippen LogP contribution in [0.1, 0.15) is 54.0 Å². The van der Waals surface area contributed by atoms with E-state index in [1.54, 1.807) is 0 Å². The lowest BCUT2D eigenvalue weighted by atomic mass is 9.97. The molecule has 1 aromatic carbocycles. The summed E-state index contributed by atoms with van der Waals surface area (Å²) in [7, 11) is 0. The maximum atomic E-state index is 12.4. The molecule has 0 amide bonds. The smallest absolute Gasteiger partial charge is 0.303 e. The van der Waals surface area contributed by atoms with E-state index in [4.69, 9.17) is 47.4 Å². The van der Waals surface area contributed by atoms with Gasteiger partial charge in [0.15, 0.2) is 42.9 Å². The van der Waals surface area contributed by atoms with E-state index in [1.165, 1.54) is 11.8 Å². The number of esters is 7. The first kappa shape index (κ1) is 42.9. The van der Waals surface area contributed by atoms with Gasteiger partial charge in [-0.05, 0) is 5.56 Å². The molecule has 0 aromatic heterocycles. The summed E-state index contributed by atoms with van der Waals surface area (Å²) in [5.74, 6) is -5.20. The fraction of sp³-hybridized carbons (Fsp3) is 0.571. The van der Waals surface area contributed by atoms with E-state index in [1.807, 2.05) is 42.5 Å². The highest BCUT2D eigenvalue weighted by atomic mass is 32.2. The minimum atomic E-state index is -1.60. The second-order valence-corrected chi connectivity index (χ2v) is 12.9. The predicted molar refractivity (Wildman–Crippen MR) is 181 cm³/mol. The monoisotopic (exact) mass is 768 g/mol. The van der Waals surface area contributed by atoms with Crippen LogP contribution in [0.5, 0.6) is 0 Å². The summed E-state index contributed by atoms with van der Waals surface area (Å²) in [5.41, 5.74) is -0.0857. The zero-order valence-corrected chi connectivity index (χ0v) is 31.1. The van der Waals surface area contributed by atoms with Crippen molar-refractivity contribution in [2.75, 3.05) is 19.0 Å². The first-order chi connectivity index (χ1) is 25.0. The number of thioether (sulfide) groups is 1. The number of hydrogen-bond donors (Lipinski definition) is 0. The van der Waals surface area contributed by atoms with E-state index in [0.717, 1.165) is 54.0 Å². The van der Waals surface area contributed by atoms with Crippen LogP contribution in [-0.4, -0.2) is 121 Å². The number of rotatable bonds is 15. The molecule has 2 aliphatic rings. The van der Waals surface area contributed by atoms with E-state index in [9.17, 15) is 33.6 Å². The van der Waals surface area contributed by atoms with Gasteiger partial charge in [-0.15, -0.1) is 11.8 Å². The minimum absolute atomic E-state index is 0.329. The second kappa shape index (κ2) is 20.6. The molecule has 2 fully saturated rings. The van der Waals surface area contributed by atoms with Crippen molar-refractivity contribution in [3.05, 3.63) is 42.0 Å². The van der Waals surface area contributed by atoms with Crippen molar-refractivity contribution >= 4 is 59.6 Å². The molecule has 18 heteroatoms. The van der Waals surface area contributed by atoms with E-state index >= 15 is 0 Å². The zero-order chi connectivity index (χ0) is 39.2. The van der Waals surface area contributed by atoms with Crippen molar-refractivity contribution < 1.29 is 80.9 Å². The average Bonchev–Trinajstić information content (AvgIpc) is 3.05. The van der Waals surface area contributed by atoms with Crippen molar-refractivity contribution in [2.24, 2.45) is 0 Å². The first-order valence-electron chi connectivity index (χ1n) is 16.5. The normalized spacial score (nSPS) is 28.2. The van der Waals surface area contributed by atoms with Crippen LogP contribution in [0.4, 0.5) is 0 Å². The van der Waals surface area contributed by atoms with Gasteiger partial charge in [0.2, 0.25) is 0 Å². The van der Waals surface area contributed by atoms with Gasteiger partial charge >= 0.3 is 41.8 Å². The van der Waals surface area contributed by atoms with Gasteiger partial charge < -0.3 is 47.4 Å². The molecule has 0 radical (unpaired) electrons. The van der Waals surface area contributed by atoms with Gasteiger partial charge in [0.1, 0.15) is 24.3 Å². The van der Waals surface area contributed by atoms with Crippen LogP contribution < -0.4 is 0 Å². The number of carbonyl (C=O) groups is 7. The third kappa shape index (κ3) is 13.8. The Morgan fingerprint density at radius 1 is 0.566 bits per heavy atom. The van der Waals surface area contributed by atoms with Gasteiger partial charge in [-0.2, -0.15) is 0 Å². The van der Waals surface area contributed by atoms with Gasteiger partial charge in [-0.25, -0.2) is 0 Å². The molecule has 1 aromatic rings. The molecule has 17 nitrogen and oxygen atoms in total. The molecule has 0 spiro atoms. The Kier molecular flexibility index (Phi) is 16.7. The highest BCUT2D eigenvalue weighted by Crippen LogP contribution is 2.36. The molecule has 292 valence electrons. The minimum Gasteiger partial charge on any atom is -0.463 e. The lowest BCUT2D eigenvalue weighted by Crippen LogP contribution is -2.64. The molecule has 0 saturated carbocycles. The lowest BCUT2D eigenvalue weighted by molar-refractivity contribution is -0.317. The van der Waals surface area contributed by atoms with Gasteiger partial charge in [0.25, 0.3) is 0 Å². The van der Waals surface area contributed by atoms with Crippen molar-refractivity contribution in [3.63, 3.8) is 0 Å². The Hall–Kier alpha value is -4.52. The number of benzene rings is 1. The molecule has 2 heterocycles. The molecular weight excluding hydrogens is 724 g/mol. The highest BCUT2D eigenvalue weighted by molar-refractivity contribution is 7.99. The highest BCUT2D eigenvalue weighted by Gasteiger charge is 2.55. The largest absolute Gasteiger partial charge is 0.463 e. The second-order valence-electron chi connectivity index (χ2n) is 11.8. The number of hydrogen-bond acceptors (Lipinski definition) is 18. The zero-order valence-electron chi connectivity index (χ0n) is 30.3. The first-order valence-corrected chi connectivity index (χ1v) is 17.5. The molecule has 2 aliphatic heterocycles. The van der Waals surface area contributed by atoms with E-state index in [-0.39, 0.29) is 0 Å². The lowest BCUT2D eigenvalue weighted by Gasteiger charge is -2.46. The molecular formula is C35H44O17S. The van der Waals surface area contributed by atoms with Crippen LogP contribution in [0.25, 0.3) is 6.08 Å². The Bertz CT molecular complexity index is 1480. The van der Waals surface area contributed by atoms with Crippen molar-refractivity contribution in [3.8, 4) is 0 Å². The molecule has 0 bridgehead atoms. The van der Waals surface area contributed by atoms with Gasteiger partial charge in [0.05, 0.1) is 6.61 Å². The number of ether oxygens (including phenoxy) is 10. The van der Waals surface area contributed by atoms with Crippen LogP contribution in [0, 0.1) is 0 Å². The molecule has 3 rings (SSSR count). The Labute approximate surface area is 310 Å². The van der Waals surface area contributed by atoms with E-state index in [0.29, 0.717) is 5.75 Å². The van der Waals surface area contributed by atoms with Crippen molar-refractivity contribution in [1.82, 2.24) is 0 Å². The molecule has 10 unspecified atom stereocenters. The summed E-state index contributed by atoms with van der Waals surface area (Å²) in [6.45, 7) is 6.73. The van der Waals surface area contributed by atoms with Crippen molar-refractivity contribution in [2.45, 2.75) is 109 Å². The third-order valence-corrected chi connectivity index (χ3v) is 8.43. The van der Waals surface area contributed by atoms with Crippen molar-refractivity contribution in [1.29, 1.82) is 0 Å². The molecule has 2 saturated heterocycles. The molecule has 0 N–H and O–H groups in total. The Morgan fingerprint density at radius 2 is 1.02 bits per heavy atom. The van der Waals surface area contributed by atoms with Crippen LogP contribution in [0.15, 0.2) is 36.4 Å². The standard InChI is InChI=1S/C35H44O17S/c1-18(36)43-16-26-28(45-19(2)37)30(47-21(4)39)32(49-23(6)41)34(51-26)44-17-27-29(46-20(3)38)31(48-22(5)40)33(50-24(7)42)35(52-27)53-15-11-14-25-12-9-8-10-13-25/h8-14,26-35H,15-17H2,1-7H3/b14-11+. The fourth-order valence-electron chi connectivity index (χ4n) is 5.53. The SMILES string of the molecule is CC(=O)OCC1OC(OCC2OC(SC/C=C/c3ccccc3)C(OC(C)=O)C(OC(C)=O)C2OC(C)=O)C(OC(C)=O)C(OC(C)=O)C1OC(C)=O. The number of carbonyl (C=O) groups excluding carboxylic acids is 7. The maximum absolute atomic E-state index is 12.4. The maximum Gasteiger partial charge on any atom is 0.303 e.